The Balaban J connectivity index is 0. The summed E-state index contributed by atoms with van der Waals surface area (Å²) in [6.07, 6.45) is 11.3. The first kappa shape index (κ1) is 22.2. The molecule has 0 aromatic rings. The molecule has 5 heteroatoms. The van der Waals surface area contributed by atoms with E-state index in [4.69, 9.17) is 5.11 Å². The molecule has 0 rings (SSSR count). The third-order valence-corrected chi connectivity index (χ3v) is 3.26. The zero-order valence-corrected chi connectivity index (χ0v) is 15.4. The van der Waals surface area contributed by atoms with Crippen LogP contribution in [0.4, 0.5) is 0 Å². The van der Waals surface area contributed by atoms with Crippen LogP contribution in [0.15, 0.2) is 0 Å². The summed E-state index contributed by atoms with van der Waals surface area (Å²) in [7, 11) is 0. The fraction of sp³-hybridized carbons (Fsp3) is 0.867. The molecular formula is C15H29NNaO3+. The molecule has 0 fully saturated rings. The van der Waals surface area contributed by atoms with Crippen LogP contribution < -0.4 is 34.9 Å². The summed E-state index contributed by atoms with van der Waals surface area (Å²) < 4.78 is 0. The molecule has 0 spiro atoms. The Morgan fingerprint density at radius 2 is 1.40 bits per heavy atom. The van der Waals surface area contributed by atoms with Gasteiger partial charge in [-0.2, -0.15) is 0 Å². The average molecular weight is 294 g/mol. The molecule has 0 aliphatic rings. The molecule has 0 heterocycles. The molecule has 0 radical (unpaired) electrons. The van der Waals surface area contributed by atoms with Gasteiger partial charge in [0.05, 0.1) is 0 Å². The van der Waals surface area contributed by atoms with Crippen molar-refractivity contribution in [3.05, 3.63) is 0 Å². The number of carboxylic acids is 1. The number of hydrogen-bond donors (Lipinski definition) is 2. The van der Waals surface area contributed by atoms with E-state index in [2.05, 4.69) is 12.2 Å². The Kier molecular flexibility index (Phi) is 17.0. The van der Waals surface area contributed by atoms with Gasteiger partial charge in [0.1, 0.15) is 6.04 Å². The van der Waals surface area contributed by atoms with E-state index in [-0.39, 0.29) is 35.5 Å². The number of carboxylic acid groups (broad SMARTS) is 1. The van der Waals surface area contributed by atoms with Gasteiger partial charge >= 0.3 is 35.5 Å². The topological polar surface area (TPSA) is 66.4 Å². The number of aliphatic carboxylic acids is 1. The van der Waals surface area contributed by atoms with E-state index < -0.39 is 12.0 Å². The number of amides is 1. The third-order valence-electron chi connectivity index (χ3n) is 3.26. The normalized spacial score (nSPS) is 11.5. The molecule has 1 atom stereocenters. The molecule has 20 heavy (non-hydrogen) atoms. The predicted molar refractivity (Wildman–Crippen MR) is 77.1 cm³/mol. The van der Waals surface area contributed by atoms with E-state index in [1.54, 1.807) is 0 Å². The Hall–Kier alpha value is -0.0600. The molecular weight excluding hydrogens is 265 g/mol. The summed E-state index contributed by atoms with van der Waals surface area (Å²) in [6, 6.07) is -0.786. The number of carbonyl (C=O) groups excluding carboxylic acids is 1. The van der Waals surface area contributed by atoms with Gasteiger partial charge in [0.15, 0.2) is 0 Å². The molecule has 0 saturated carbocycles. The van der Waals surface area contributed by atoms with Crippen molar-refractivity contribution in [1.82, 2.24) is 5.32 Å². The molecule has 4 nitrogen and oxygen atoms in total. The molecule has 2 N–H and O–H groups in total. The Labute approximate surface area is 145 Å². The van der Waals surface area contributed by atoms with Gasteiger partial charge in [-0.25, -0.2) is 0 Å². The maximum atomic E-state index is 11.4. The van der Waals surface area contributed by atoms with Crippen LogP contribution in [0.1, 0.15) is 78.1 Å². The van der Waals surface area contributed by atoms with Crippen molar-refractivity contribution in [2.24, 2.45) is 0 Å². The fourth-order valence-electron chi connectivity index (χ4n) is 1.97. The zero-order valence-electron chi connectivity index (χ0n) is 13.4. The molecule has 0 bridgehead atoms. The summed E-state index contributed by atoms with van der Waals surface area (Å²) in [5.41, 5.74) is 0. The van der Waals surface area contributed by atoms with Gasteiger partial charge in [-0.1, -0.05) is 58.3 Å². The monoisotopic (exact) mass is 294 g/mol. The summed E-state index contributed by atoms with van der Waals surface area (Å²) in [4.78, 5) is 21.9. The van der Waals surface area contributed by atoms with Gasteiger partial charge in [-0.15, -0.1) is 0 Å². The average Bonchev–Trinajstić information content (AvgIpc) is 2.36. The van der Waals surface area contributed by atoms with Crippen molar-refractivity contribution in [2.75, 3.05) is 0 Å². The molecule has 1 unspecified atom stereocenters. The van der Waals surface area contributed by atoms with Crippen LogP contribution in [-0.4, -0.2) is 23.0 Å². The van der Waals surface area contributed by atoms with Crippen molar-refractivity contribution in [2.45, 2.75) is 84.1 Å². The minimum absolute atomic E-state index is 0. The molecule has 0 aliphatic carbocycles. The van der Waals surface area contributed by atoms with Gasteiger partial charge in [0.25, 0.3) is 0 Å². The minimum Gasteiger partial charge on any atom is -0.480 e. The molecule has 0 aromatic carbocycles. The summed E-state index contributed by atoms with van der Waals surface area (Å²) in [5, 5.41) is 11.1. The van der Waals surface area contributed by atoms with E-state index >= 15 is 0 Å². The number of hydrogen-bond acceptors (Lipinski definition) is 2. The molecule has 112 valence electrons. The first-order valence-electron chi connectivity index (χ1n) is 7.60. The first-order chi connectivity index (χ1) is 9.07. The van der Waals surface area contributed by atoms with Gasteiger partial charge in [-0.3, -0.25) is 9.59 Å². The van der Waals surface area contributed by atoms with Crippen molar-refractivity contribution < 1.29 is 44.3 Å². The van der Waals surface area contributed by atoms with Gasteiger partial charge in [-0.05, 0) is 13.3 Å². The van der Waals surface area contributed by atoms with Crippen LogP contribution in [0.3, 0.4) is 0 Å². The number of carbonyl (C=O) groups is 2. The molecule has 0 aromatic heterocycles. The van der Waals surface area contributed by atoms with Crippen molar-refractivity contribution >= 4 is 11.9 Å². The van der Waals surface area contributed by atoms with Crippen LogP contribution in [-0.2, 0) is 9.59 Å². The van der Waals surface area contributed by atoms with Gasteiger partial charge in [0, 0.05) is 6.42 Å². The van der Waals surface area contributed by atoms with Gasteiger partial charge < -0.3 is 10.4 Å². The quantitative estimate of drug-likeness (QED) is 0.407. The summed E-state index contributed by atoms with van der Waals surface area (Å²) in [6.45, 7) is 3.70. The van der Waals surface area contributed by atoms with E-state index in [1.165, 1.54) is 51.9 Å². The van der Waals surface area contributed by atoms with Crippen LogP contribution in [0, 0.1) is 0 Å². The SMILES string of the molecule is CCCCCCCCCCCC(=O)NC(C)C(=O)O.[Na+]. The molecule has 0 aliphatic heterocycles. The second-order valence-electron chi connectivity index (χ2n) is 5.21. The summed E-state index contributed by atoms with van der Waals surface area (Å²) in [5.74, 6) is -1.14. The van der Waals surface area contributed by atoms with E-state index in [0.717, 1.165) is 12.8 Å². The fourth-order valence-corrected chi connectivity index (χ4v) is 1.97. The Morgan fingerprint density at radius 1 is 0.950 bits per heavy atom. The van der Waals surface area contributed by atoms with Crippen LogP contribution in [0.5, 0.6) is 0 Å². The van der Waals surface area contributed by atoms with Crippen molar-refractivity contribution in [3.63, 3.8) is 0 Å². The second kappa shape index (κ2) is 15.3. The third kappa shape index (κ3) is 14.4. The van der Waals surface area contributed by atoms with Crippen LogP contribution in [0.2, 0.25) is 0 Å². The van der Waals surface area contributed by atoms with Crippen LogP contribution in [0.25, 0.3) is 0 Å². The van der Waals surface area contributed by atoms with E-state index in [9.17, 15) is 9.59 Å². The van der Waals surface area contributed by atoms with Crippen LogP contribution >= 0.6 is 0 Å². The number of nitrogens with one attached hydrogen (secondary N) is 1. The summed E-state index contributed by atoms with van der Waals surface area (Å²) >= 11 is 0. The van der Waals surface area contributed by atoms with E-state index in [0.29, 0.717) is 6.42 Å². The van der Waals surface area contributed by atoms with Crippen molar-refractivity contribution in [3.8, 4) is 0 Å². The predicted octanol–water partition coefficient (Wildman–Crippen LogP) is 0.501. The second-order valence-corrected chi connectivity index (χ2v) is 5.21. The Morgan fingerprint density at radius 3 is 1.85 bits per heavy atom. The first-order valence-corrected chi connectivity index (χ1v) is 7.60. The Bertz CT molecular complexity index is 260. The largest absolute Gasteiger partial charge is 1.00 e. The van der Waals surface area contributed by atoms with Crippen molar-refractivity contribution in [1.29, 1.82) is 0 Å². The molecule has 1 amide bonds. The molecule has 0 saturated heterocycles. The van der Waals surface area contributed by atoms with E-state index in [1.807, 2.05) is 0 Å². The zero-order chi connectivity index (χ0) is 14.5. The number of rotatable bonds is 12. The standard InChI is InChI=1S/C15H29NO3.Na/c1-3-4-5-6-7-8-9-10-11-12-14(17)16-13(2)15(18)19;/h13H,3-12H2,1-2H3,(H,16,17)(H,18,19);/q;+1. The maximum absolute atomic E-state index is 11.4. The number of unbranched alkanes of at least 4 members (excludes halogenated alkanes) is 8. The van der Waals surface area contributed by atoms with Gasteiger partial charge in [0.2, 0.25) is 5.91 Å². The maximum Gasteiger partial charge on any atom is 1.00 e. The smallest absolute Gasteiger partial charge is 0.480 e. The minimum atomic E-state index is -0.986.